The molecule has 0 radical (unpaired) electrons. The highest BCUT2D eigenvalue weighted by Crippen LogP contribution is 2.18. The van der Waals surface area contributed by atoms with Gasteiger partial charge in [-0.15, -0.1) is 11.8 Å². The predicted molar refractivity (Wildman–Crippen MR) is 88.0 cm³/mol. The number of hydrogen-bond donors (Lipinski definition) is 0. The van der Waals surface area contributed by atoms with Crippen molar-refractivity contribution in [3.05, 3.63) is 0 Å². The third kappa shape index (κ3) is 4.76. The zero-order chi connectivity index (χ0) is 17.2. The van der Waals surface area contributed by atoms with Gasteiger partial charge in [0, 0.05) is 25.7 Å². The van der Waals surface area contributed by atoms with Crippen LogP contribution in [-0.4, -0.2) is 82.1 Å². The standard InChI is InChI=1S/C15H25N3O4S/c1-11-7-16(14(21)22-15(2,3)4)5-6-18(11)12(19)8-17-10-23-9-13(17)20/h11H,5-10H2,1-4H3. The van der Waals surface area contributed by atoms with E-state index in [1.54, 1.807) is 14.7 Å². The van der Waals surface area contributed by atoms with E-state index >= 15 is 0 Å². The molecule has 2 aliphatic rings. The zero-order valence-electron chi connectivity index (χ0n) is 14.2. The van der Waals surface area contributed by atoms with E-state index in [1.807, 2.05) is 27.7 Å². The van der Waals surface area contributed by atoms with Gasteiger partial charge in [0.2, 0.25) is 11.8 Å². The topological polar surface area (TPSA) is 70.2 Å². The third-order valence-electron chi connectivity index (χ3n) is 3.75. The summed E-state index contributed by atoms with van der Waals surface area (Å²) in [4.78, 5) is 41.1. The van der Waals surface area contributed by atoms with Crippen LogP contribution in [0.4, 0.5) is 4.79 Å². The van der Waals surface area contributed by atoms with Gasteiger partial charge in [0.05, 0.1) is 11.6 Å². The lowest BCUT2D eigenvalue weighted by Gasteiger charge is -2.40. The molecule has 2 saturated heterocycles. The number of amides is 3. The molecular weight excluding hydrogens is 318 g/mol. The lowest BCUT2D eigenvalue weighted by Crippen LogP contribution is -2.57. The fourth-order valence-corrected chi connectivity index (χ4v) is 3.52. The van der Waals surface area contributed by atoms with Crippen molar-refractivity contribution < 1.29 is 19.1 Å². The molecule has 2 fully saturated rings. The molecule has 0 aromatic heterocycles. The highest BCUT2D eigenvalue weighted by atomic mass is 32.2. The van der Waals surface area contributed by atoms with E-state index in [0.717, 1.165) is 0 Å². The Kier molecular flexibility index (Phi) is 5.44. The first-order chi connectivity index (χ1) is 10.7. The van der Waals surface area contributed by atoms with Crippen molar-refractivity contribution in [1.82, 2.24) is 14.7 Å². The summed E-state index contributed by atoms with van der Waals surface area (Å²) in [5.74, 6) is 0.993. The molecule has 1 atom stereocenters. The molecule has 1 unspecified atom stereocenters. The Morgan fingerprint density at radius 1 is 1.30 bits per heavy atom. The Hall–Kier alpha value is -1.44. The molecule has 2 heterocycles. The minimum absolute atomic E-state index is 0.0170. The van der Waals surface area contributed by atoms with Crippen LogP contribution in [0.3, 0.4) is 0 Å². The zero-order valence-corrected chi connectivity index (χ0v) is 15.0. The summed E-state index contributed by atoms with van der Waals surface area (Å²) in [6.45, 7) is 8.90. The van der Waals surface area contributed by atoms with Crippen molar-refractivity contribution in [2.75, 3.05) is 37.8 Å². The first-order valence-corrected chi connectivity index (χ1v) is 8.96. The van der Waals surface area contributed by atoms with Crippen LogP contribution in [0.1, 0.15) is 27.7 Å². The minimum atomic E-state index is -0.527. The number of carbonyl (C=O) groups is 3. The normalized spacial score (nSPS) is 22.5. The van der Waals surface area contributed by atoms with Gasteiger partial charge in [-0.2, -0.15) is 0 Å². The first-order valence-electron chi connectivity index (χ1n) is 7.80. The fraction of sp³-hybridized carbons (Fsp3) is 0.800. The molecular formula is C15H25N3O4S. The molecule has 0 aliphatic carbocycles. The molecule has 8 heteroatoms. The van der Waals surface area contributed by atoms with E-state index < -0.39 is 5.60 Å². The average Bonchev–Trinajstić information content (AvgIpc) is 2.82. The van der Waals surface area contributed by atoms with Crippen LogP contribution < -0.4 is 0 Å². The molecule has 23 heavy (non-hydrogen) atoms. The smallest absolute Gasteiger partial charge is 0.410 e. The van der Waals surface area contributed by atoms with Crippen LogP contribution >= 0.6 is 11.8 Å². The molecule has 0 spiro atoms. The maximum Gasteiger partial charge on any atom is 0.410 e. The van der Waals surface area contributed by atoms with Gasteiger partial charge >= 0.3 is 6.09 Å². The van der Waals surface area contributed by atoms with Crippen molar-refractivity contribution in [2.24, 2.45) is 0 Å². The van der Waals surface area contributed by atoms with Crippen molar-refractivity contribution in [1.29, 1.82) is 0 Å². The van der Waals surface area contributed by atoms with Crippen LogP contribution in [0.5, 0.6) is 0 Å². The SMILES string of the molecule is CC1CN(C(=O)OC(C)(C)C)CCN1C(=O)CN1CSCC1=O. The summed E-state index contributed by atoms with van der Waals surface area (Å²) in [6.07, 6.45) is -0.345. The maximum atomic E-state index is 12.4. The van der Waals surface area contributed by atoms with E-state index in [4.69, 9.17) is 4.74 Å². The van der Waals surface area contributed by atoms with E-state index in [2.05, 4.69) is 0 Å². The lowest BCUT2D eigenvalue weighted by molar-refractivity contribution is -0.141. The second kappa shape index (κ2) is 6.98. The Balaban J connectivity index is 1.87. The summed E-state index contributed by atoms with van der Waals surface area (Å²) >= 11 is 1.53. The Morgan fingerprint density at radius 3 is 2.52 bits per heavy atom. The first kappa shape index (κ1) is 17.9. The van der Waals surface area contributed by atoms with Gasteiger partial charge in [0.1, 0.15) is 12.1 Å². The molecule has 0 aromatic carbocycles. The summed E-state index contributed by atoms with van der Waals surface area (Å²) in [5, 5.41) is 0. The third-order valence-corrected chi connectivity index (χ3v) is 4.70. The monoisotopic (exact) mass is 343 g/mol. The quantitative estimate of drug-likeness (QED) is 0.748. The second-order valence-electron chi connectivity index (χ2n) is 6.93. The second-order valence-corrected chi connectivity index (χ2v) is 7.89. The number of thioether (sulfide) groups is 1. The largest absolute Gasteiger partial charge is 0.444 e. The van der Waals surface area contributed by atoms with Crippen LogP contribution in [-0.2, 0) is 14.3 Å². The number of carbonyl (C=O) groups excluding carboxylic acids is 3. The Labute approximate surface area is 141 Å². The highest BCUT2D eigenvalue weighted by Gasteiger charge is 2.33. The average molecular weight is 343 g/mol. The minimum Gasteiger partial charge on any atom is -0.444 e. The van der Waals surface area contributed by atoms with Crippen LogP contribution in [0.15, 0.2) is 0 Å². The summed E-state index contributed by atoms with van der Waals surface area (Å²) in [5.41, 5.74) is -0.527. The van der Waals surface area contributed by atoms with Gasteiger partial charge in [-0.05, 0) is 27.7 Å². The number of hydrogen-bond acceptors (Lipinski definition) is 5. The van der Waals surface area contributed by atoms with Gasteiger partial charge in [0.25, 0.3) is 0 Å². The summed E-state index contributed by atoms with van der Waals surface area (Å²) < 4.78 is 5.37. The number of rotatable bonds is 2. The molecule has 0 N–H and O–H groups in total. The molecule has 0 saturated carbocycles. The Bertz CT molecular complexity index is 492. The van der Waals surface area contributed by atoms with E-state index in [9.17, 15) is 14.4 Å². The molecule has 130 valence electrons. The van der Waals surface area contributed by atoms with Gasteiger partial charge < -0.3 is 19.4 Å². The van der Waals surface area contributed by atoms with Crippen LogP contribution in [0.2, 0.25) is 0 Å². The van der Waals surface area contributed by atoms with E-state index in [0.29, 0.717) is 31.3 Å². The van der Waals surface area contributed by atoms with Gasteiger partial charge in [0.15, 0.2) is 0 Å². The number of nitrogens with zero attached hydrogens (tertiary/aromatic N) is 3. The Morgan fingerprint density at radius 2 is 2.00 bits per heavy atom. The van der Waals surface area contributed by atoms with Crippen molar-refractivity contribution in [2.45, 2.75) is 39.3 Å². The predicted octanol–water partition coefficient (Wildman–Crippen LogP) is 0.987. The van der Waals surface area contributed by atoms with E-state index in [-0.39, 0.29) is 30.5 Å². The lowest BCUT2D eigenvalue weighted by atomic mass is 10.2. The molecule has 7 nitrogen and oxygen atoms in total. The molecule has 3 amide bonds. The summed E-state index contributed by atoms with van der Waals surface area (Å²) in [7, 11) is 0. The van der Waals surface area contributed by atoms with Crippen molar-refractivity contribution in [3.8, 4) is 0 Å². The van der Waals surface area contributed by atoms with E-state index in [1.165, 1.54) is 11.8 Å². The van der Waals surface area contributed by atoms with Crippen molar-refractivity contribution in [3.63, 3.8) is 0 Å². The highest BCUT2D eigenvalue weighted by molar-refractivity contribution is 8.00. The maximum absolute atomic E-state index is 12.4. The van der Waals surface area contributed by atoms with Crippen LogP contribution in [0.25, 0.3) is 0 Å². The van der Waals surface area contributed by atoms with Gasteiger partial charge in [-0.25, -0.2) is 4.79 Å². The molecule has 0 aromatic rings. The molecule has 2 rings (SSSR count). The van der Waals surface area contributed by atoms with Gasteiger partial charge in [-0.3, -0.25) is 9.59 Å². The number of piperazine rings is 1. The number of ether oxygens (including phenoxy) is 1. The van der Waals surface area contributed by atoms with Crippen molar-refractivity contribution >= 4 is 29.7 Å². The van der Waals surface area contributed by atoms with Crippen LogP contribution in [0, 0.1) is 0 Å². The fourth-order valence-electron chi connectivity index (χ4n) is 2.61. The molecule has 0 bridgehead atoms. The summed E-state index contributed by atoms with van der Waals surface area (Å²) in [6, 6.07) is -0.0888. The van der Waals surface area contributed by atoms with Gasteiger partial charge in [-0.1, -0.05) is 0 Å². The molecule has 2 aliphatic heterocycles.